The van der Waals surface area contributed by atoms with Gasteiger partial charge in [0.2, 0.25) is 5.91 Å². The van der Waals surface area contributed by atoms with Crippen LogP contribution in [-0.4, -0.2) is 72.5 Å². The van der Waals surface area contributed by atoms with Crippen molar-refractivity contribution in [2.75, 3.05) is 51.6 Å². The lowest BCUT2D eigenvalue weighted by molar-refractivity contribution is -0.130. The topological polar surface area (TPSA) is 35.6 Å². The van der Waals surface area contributed by atoms with Gasteiger partial charge in [0.15, 0.2) is 0 Å². The summed E-state index contributed by atoms with van der Waals surface area (Å²) in [5.74, 6) is 1.03. The number of nitrogens with zero attached hydrogens (tertiary/aromatic N) is 2. The Kier molecular flexibility index (Phi) is 6.47. The SMILES string of the molecule is CCCN1CCN(C(=O)CSC2CCNCC2)CC1. The van der Waals surface area contributed by atoms with Crippen LogP contribution < -0.4 is 5.32 Å². The summed E-state index contributed by atoms with van der Waals surface area (Å²) in [6, 6.07) is 0. The Labute approximate surface area is 121 Å². The van der Waals surface area contributed by atoms with Crippen molar-refractivity contribution in [1.29, 1.82) is 0 Å². The summed E-state index contributed by atoms with van der Waals surface area (Å²) in [5, 5.41) is 4.05. The molecule has 0 radical (unpaired) electrons. The molecule has 2 rings (SSSR count). The van der Waals surface area contributed by atoms with Crippen molar-refractivity contribution >= 4 is 17.7 Å². The summed E-state index contributed by atoms with van der Waals surface area (Å²) in [6.07, 6.45) is 3.63. The molecule has 0 bridgehead atoms. The smallest absolute Gasteiger partial charge is 0.232 e. The Bertz CT molecular complexity index is 274. The number of hydrogen-bond acceptors (Lipinski definition) is 4. The van der Waals surface area contributed by atoms with Crippen molar-refractivity contribution in [1.82, 2.24) is 15.1 Å². The van der Waals surface area contributed by atoms with Crippen LogP contribution in [0.3, 0.4) is 0 Å². The van der Waals surface area contributed by atoms with Crippen LogP contribution in [0, 0.1) is 0 Å². The Morgan fingerprint density at radius 1 is 1.21 bits per heavy atom. The second kappa shape index (κ2) is 8.12. The Morgan fingerprint density at radius 2 is 1.89 bits per heavy atom. The van der Waals surface area contributed by atoms with Crippen molar-refractivity contribution < 1.29 is 4.79 Å². The van der Waals surface area contributed by atoms with Crippen molar-refractivity contribution in [2.45, 2.75) is 31.4 Å². The Hall–Kier alpha value is -0.260. The summed E-state index contributed by atoms with van der Waals surface area (Å²) >= 11 is 1.87. The second-order valence-corrected chi connectivity index (χ2v) is 6.77. The van der Waals surface area contributed by atoms with Crippen molar-refractivity contribution in [2.24, 2.45) is 0 Å². The first-order valence-corrected chi connectivity index (χ1v) is 8.67. The summed E-state index contributed by atoms with van der Waals surface area (Å²) in [6.45, 7) is 9.56. The minimum atomic E-state index is 0.347. The molecule has 0 aliphatic carbocycles. The van der Waals surface area contributed by atoms with E-state index >= 15 is 0 Å². The number of rotatable bonds is 5. The molecule has 1 amide bonds. The standard InChI is InChI=1S/C14H27N3OS/c1-2-7-16-8-10-17(11-9-16)14(18)12-19-13-3-5-15-6-4-13/h13,15H,2-12H2,1H3. The van der Waals surface area contributed by atoms with Gasteiger partial charge in [-0.1, -0.05) is 6.92 Å². The van der Waals surface area contributed by atoms with Crippen LogP contribution in [-0.2, 0) is 4.79 Å². The Morgan fingerprint density at radius 3 is 2.53 bits per heavy atom. The lowest BCUT2D eigenvalue weighted by atomic mass is 10.2. The molecule has 0 saturated carbocycles. The minimum Gasteiger partial charge on any atom is -0.339 e. The number of hydrogen-bond donors (Lipinski definition) is 1. The third kappa shape index (κ3) is 4.97. The van der Waals surface area contributed by atoms with E-state index in [2.05, 4.69) is 22.0 Å². The Balaban J connectivity index is 1.63. The van der Waals surface area contributed by atoms with Crippen LogP contribution in [0.25, 0.3) is 0 Å². The number of piperazine rings is 1. The van der Waals surface area contributed by atoms with E-state index in [9.17, 15) is 4.79 Å². The molecule has 2 aliphatic rings. The van der Waals surface area contributed by atoms with E-state index in [4.69, 9.17) is 0 Å². The highest BCUT2D eigenvalue weighted by atomic mass is 32.2. The summed E-state index contributed by atoms with van der Waals surface area (Å²) in [5.41, 5.74) is 0. The molecule has 19 heavy (non-hydrogen) atoms. The van der Waals surface area contributed by atoms with E-state index in [0.29, 0.717) is 16.9 Å². The molecule has 110 valence electrons. The molecule has 1 N–H and O–H groups in total. The first-order valence-electron chi connectivity index (χ1n) is 7.62. The first-order chi connectivity index (χ1) is 9.29. The molecular formula is C14H27N3OS. The van der Waals surface area contributed by atoms with E-state index < -0.39 is 0 Å². The molecule has 5 heteroatoms. The zero-order valence-corrected chi connectivity index (χ0v) is 12.9. The maximum Gasteiger partial charge on any atom is 0.232 e. The highest BCUT2D eigenvalue weighted by Gasteiger charge is 2.22. The van der Waals surface area contributed by atoms with Crippen molar-refractivity contribution in [3.05, 3.63) is 0 Å². The summed E-state index contributed by atoms with van der Waals surface area (Å²) < 4.78 is 0. The van der Waals surface area contributed by atoms with Gasteiger partial charge in [-0.3, -0.25) is 9.69 Å². The maximum atomic E-state index is 12.2. The molecule has 0 aromatic carbocycles. The van der Waals surface area contributed by atoms with Crippen LogP contribution in [0.15, 0.2) is 0 Å². The van der Waals surface area contributed by atoms with Crippen LogP contribution in [0.1, 0.15) is 26.2 Å². The quantitative estimate of drug-likeness (QED) is 0.818. The lowest BCUT2D eigenvalue weighted by Gasteiger charge is -2.34. The fourth-order valence-corrected chi connectivity index (χ4v) is 3.91. The molecule has 0 aromatic rings. The van der Waals surface area contributed by atoms with E-state index in [1.165, 1.54) is 25.8 Å². The monoisotopic (exact) mass is 285 g/mol. The van der Waals surface area contributed by atoms with Crippen LogP contribution in [0.4, 0.5) is 0 Å². The minimum absolute atomic E-state index is 0.347. The highest BCUT2D eigenvalue weighted by Crippen LogP contribution is 2.20. The summed E-state index contributed by atoms with van der Waals surface area (Å²) in [7, 11) is 0. The molecular weight excluding hydrogens is 258 g/mol. The van der Waals surface area contributed by atoms with Gasteiger partial charge >= 0.3 is 0 Å². The molecule has 2 aliphatic heterocycles. The number of piperidine rings is 1. The van der Waals surface area contributed by atoms with Gasteiger partial charge in [0.1, 0.15) is 0 Å². The zero-order valence-electron chi connectivity index (χ0n) is 12.1. The van der Waals surface area contributed by atoms with Crippen molar-refractivity contribution in [3.8, 4) is 0 Å². The second-order valence-electron chi connectivity index (χ2n) is 5.48. The van der Waals surface area contributed by atoms with E-state index in [1.54, 1.807) is 0 Å². The number of carbonyl (C=O) groups is 1. The molecule has 4 nitrogen and oxygen atoms in total. The van der Waals surface area contributed by atoms with Gasteiger partial charge in [-0.05, 0) is 38.9 Å². The maximum absolute atomic E-state index is 12.2. The van der Waals surface area contributed by atoms with Crippen LogP contribution >= 0.6 is 11.8 Å². The lowest BCUT2D eigenvalue weighted by Crippen LogP contribution is -2.49. The zero-order chi connectivity index (χ0) is 13.5. The van der Waals surface area contributed by atoms with E-state index in [0.717, 1.165) is 39.3 Å². The predicted molar refractivity (Wildman–Crippen MR) is 81.7 cm³/mol. The van der Waals surface area contributed by atoms with E-state index in [-0.39, 0.29) is 0 Å². The van der Waals surface area contributed by atoms with Gasteiger partial charge in [-0.25, -0.2) is 0 Å². The molecule has 2 heterocycles. The largest absolute Gasteiger partial charge is 0.339 e. The highest BCUT2D eigenvalue weighted by molar-refractivity contribution is 8.00. The number of amides is 1. The summed E-state index contributed by atoms with van der Waals surface area (Å²) in [4.78, 5) is 16.7. The van der Waals surface area contributed by atoms with Gasteiger partial charge in [0, 0.05) is 31.4 Å². The first kappa shape index (κ1) is 15.1. The molecule has 2 fully saturated rings. The molecule has 0 atom stereocenters. The van der Waals surface area contributed by atoms with Gasteiger partial charge in [-0.2, -0.15) is 0 Å². The van der Waals surface area contributed by atoms with Gasteiger partial charge in [0.05, 0.1) is 5.75 Å². The molecule has 0 aromatic heterocycles. The predicted octanol–water partition coefficient (Wildman–Crippen LogP) is 1.03. The van der Waals surface area contributed by atoms with Crippen LogP contribution in [0.5, 0.6) is 0 Å². The molecule has 0 unspecified atom stereocenters. The third-order valence-electron chi connectivity index (χ3n) is 3.99. The number of nitrogens with one attached hydrogen (secondary N) is 1. The van der Waals surface area contributed by atoms with Crippen LogP contribution in [0.2, 0.25) is 0 Å². The third-order valence-corrected chi connectivity index (χ3v) is 5.35. The number of thioether (sulfide) groups is 1. The van der Waals surface area contributed by atoms with Crippen molar-refractivity contribution in [3.63, 3.8) is 0 Å². The normalized spacial score (nSPS) is 22.7. The van der Waals surface area contributed by atoms with Gasteiger partial charge < -0.3 is 10.2 Å². The average Bonchev–Trinajstić information content (AvgIpc) is 2.47. The van der Waals surface area contributed by atoms with Gasteiger partial charge in [-0.15, -0.1) is 11.8 Å². The average molecular weight is 285 g/mol. The molecule has 2 saturated heterocycles. The number of carbonyl (C=O) groups excluding carboxylic acids is 1. The fourth-order valence-electron chi connectivity index (χ4n) is 2.78. The fraction of sp³-hybridized carbons (Fsp3) is 0.929. The van der Waals surface area contributed by atoms with Gasteiger partial charge in [0.25, 0.3) is 0 Å². The molecule has 0 spiro atoms. The van der Waals surface area contributed by atoms with E-state index in [1.807, 2.05) is 11.8 Å².